The Hall–Kier alpha value is -3.38. The molecule has 0 aliphatic carbocycles. The maximum Gasteiger partial charge on any atom is 0.193 e. The lowest BCUT2D eigenvalue weighted by atomic mass is 10.1. The summed E-state index contributed by atoms with van der Waals surface area (Å²) in [7, 11) is 3.75. The molecule has 0 bridgehead atoms. The predicted octanol–water partition coefficient (Wildman–Crippen LogP) is 3.04. The van der Waals surface area contributed by atoms with Crippen LogP contribution in [0.1, 0.15) is 33.9 Å². The van der Waals surface area contributed by atoms with Gasteiger partial charge in [-0.25, -0.2) is 9.67 Å². The van der Waals surface area contributed by atoms with Crippen molar-refractivity contribution in [2.24, 2.45) is 4.99 Å². The van der Waals surface area contributed by atoms with E-state index in [0.29, 0.717) is 36.6 Å². The van der Waals surface area contributed by atoms with E-state index in [1.165, 1.54) is 0 Å². The van der Waals surface area contributed by atoms with Crippen molar-refractivity contribution in [2.45, 2.75) is 33.2 Å². The van der Waals surface area contributed by atoms with Gasteiger partial charge in [-0.3, -0.25) is 4.99 Å². The third-order valence-electron chi connectivity index (χ3n) is 4.90. The van der Waals surface area contributed by atoms with Crippen LogP contribution < -0.4 is 11.1 Å². The van der Waals surface area contributed by atoms with Gasteiger partial charge in [-0.05, 0) is 38.8 Å². The minimum Gasteiger partial charge on any atom is -0.382 e. The summed E-state index contributed by atoms with van der Waals surface area (Å²) in [5.41, 5.74) is 10.4. The number of thiazole rings is 1. The van der Waals surface area contributed by atoms with Gasteiger partial charge in [0.15, 0.2) is 5.96 Å². The normalized spacial score (nSPS) is 11.4. The Morgan fingerprint density at radius 1 is 1.32 bits per heavy atom. The van der Waals surface area contributed by atoms with Crippen LogP contribution in [0.4, 0.5) is 5.82 Å². The van der Waals surface area contributed by atoms with Gasteiger partial charge in [-0.2, -0.15) is 10.4 Å². The highest BCUT2D eigenvalue weighted by Crippen LogP contribution is 2.21. The number of nitrogen functional groups attached to an aromatic ring is 1. The van der Waals surface area contributed by atoms with E-state index in [4.69, 9.17) is 5.73 Å². The van der Waals surface area contributed by atoms with Crippen LogP contribution in [0.5, 0.6) is 0 Å². The number of hydrogen-bond donors (Lipinski definition) is 2. The number of nitriles is 1. The van der Waals surface area contributed by atoms with Gasteiger partial charge in [-0.15, -0.1) is 11.3 Å². The molecule has 0 fully saturated rings. The van der Waals surface area contributed by atoms with E-state index in [1.807, 2.05) is 50.1 Å². The Labute approximate surface area is 187 Å². The summed E-state index contributed by atoms with van der Waals surface area (Å²) in [5.74, 6) is 1.18. The molecule has 2 aromatic heterocycles. The number of rotatable bonds is 7. The van der Waals surface area contributed by atoms with Gasteiger partial charge < -0.3 is 16.0 Å². The van der Waals surface area contributed by atoms with E-state index in [1.54, 1.807) is 23.1 Å². The molecule has 0 atom stereocenters. The Bertz CT molecular complexity index is 1090. The van der Waals surface area contributed by atoms with Crippen LogP contribution in [0.15, 0.2) is 34.6 Å². The number of hydrogen-bond acceptors (Lipinski definition) is 6. The van der Waals surface area contributed by atoms with E-state index in [9.17, 15) is 5.26 Å². The number of aliphatic imine (C=N–C) groups is 1. The standard InChI is InChI=1S/C22H28N8S/c1-15-7-9-18(10-8-15)30-21(24)19(12-23)20(28-30)6-5-11-26-22(25-3)29(4)13-17-14-31-16(2)27-17/h7-10,14H,5-6,11,13,24H2,1-4H3,(H,25,26). The van der Waals surface area contributed by atoms with E-state index in [0.717, 1.165) is 34.3 Å². The molecule has 9 heteroatoms. The van der Waals surface area contributed by atoms with Crippen molar-refractivity contribution < 1.29 is 0 Å². The zero-order chi connectivity index (χ0) is 22.4. The summed E-state index contributed by atoms with van der Waals surface area (Å²) in [6.45, 7) is 5.43. The van der Waals surface area contributed by atoms with E-state index in [-0.39, 0.29) is 0 Å². The average Bonchev–Trinajstić information content (AvgIpc) is 3.30. The van der Waals surface area contributed by atoms with Gasteiger partial charge in [0.25, 0.3) is 0 Å². The van der Waals surface area contributed by atoms with Crippen molar-refractivity contribution in [3.63, 3.8) is 0 Å². The SMILES string of the molecule is CN=C(NCCCc1nn(-c2ccc(C)cc2)c(N)c1C#N)N(C)Cc1csc(C)n1. The first kappa shape index (κ1) is 22.3. The molecule has 0 radical (unpaired) electrons. The lowest BCUT2D eigenvalue weighted by molar-refractivity contribution is 0.470. The predicted molar refractivity (Wildman–Crippen MR) is 125 cm³/mol. The summed E-state index contributed by atoms with van der Waals surface area (Å²) < 4.78 is 1.64. The van der Waals surface area contributed by atoms with E-state index in [2.05, 4.69) is 31.8 Å². The summed E-state index contributed by atoms with van der Waals surface area (Å²) in [5, 5.41) is 20.7. The Morgan fingerprint density at radius 3 is 2.68 bits per heavy atom. The first-order chi connectivity index (χ1) is 14.9. The molecule has 0 unspecified atom stereocenters. The molecule has 0 amide bonds. The molecule has 3 aromatic rings. The van der Waals surface area contributed by atoms with Gasteiger partial charge in [0.2, 0.25) is 0 Å². The van der Waals surface area contributed by atoms with Crippen molar-refractivity contribution in [3.8, 4) is 11.8 Å². The fraction of sp³-hybridized carbons (Fsp3) is 0.364. The molecule has 31 heavy (non-hydrogen) atoms. The van der Waals surface area contributed by atoms with E-state index < -0.39 is 0 Å². The van der Waals surface area contributed by atoms with Crippen molar-refractivity contribution in [2.75, 3.05) is 26.4 Å². The van der Waals surface area contributed by atoms with Crippen LogP contribution in [-0.4, -0.2) is 46.3 Å². The van der Waals surface area contributed by atoms with Gasteiger partial charge in [0, 0.05) is 26.0 Å². The molecular formula is C22H28N8S. The largest absolute Gasteiger partial charge is 0.382 e. The second kappa shape index (κ2) is 10.1. The van der Waals surface area contributed by atoms with Crippen LogP contribution in [0.3, 0.4) is 0 Å². The monoisotopic (exact) mass is 436 g/mol. The number of nitrogens with one attached hydrogen (secondary N) is 1. The summed E-state index contributed by atoms with van der Waals surface area (Å²) in [4.78, 5) is 10.9. The summed E-state index contributed by atoms with van der Waals surface area (Å²) in [6.07, 6.45) is 1.44. The second-order valence-electron chi connectivity index (χ2n) is 7.36. The minimum absolute atomic E-state index is 0.378. The number of nitrogens with zero attached hydrogens (tertiary/aromatic N) is 6. The minimum atomic E-state index is 0.378. The van der Waals surface area contributed by atoms with Crippen molar-refractivity contribution in [3.05, 3.63) is 57.2 Å². The van der Waals surface area contributed by atoms with Crippen LogP contribution >= 0.6 is 11.3 Å². The molecule has 8 nitrogen and oxygen atoms in total. The third-order valence-corrected chi connectivity index (χ3v) is 5.72. The first-order valence-electron chi connectivity index (χ1n) is 10.1. The molecule has 0 spiro atoms. The van der Waals surface area contributed by atoms with Gasteiger partial charge in [-0.1, -0.05) is 17.7 Å². The van der Waals surface area contributed by atoms with E-state index >= 15 is 0 Å². The molecule has 3 rings (SSSR count). The zero-order valence-electron chi connectivity index (χ0n) is 18.4. The highest BCUT2D eigenvalue weighted by Gasteiger charge is 2.16. The average molecular weight is 437 g/mol. The smallest absolute Gasteiger partial charge is 0.193 e. The maximum atomic E-state index is 9.57. The fourth-order valence-electron chi connectivity index (χ4n) is 3.30. The number of benzene rings is 1. The van der Waals surface area contributed by atoms with Crippen molar-refractivity contribution in [1.82, 2.24) is 25.0 Å². The summed E-state index contributed by atoms with van der Waals surface area (Å²) >= 11 is 1.65. The van der Waals surface area contributed by atoms with Gasteiger partial charge in [0.1, 0.15) is 17.5 Å². The lowest BCUT2D eigenvalue weighted by Gasteiger charge is -2.21. The van der Waals surface area contributed by atoms with Crippen LogP contribution in [0, 0.1) is 25.2 Å². The fourth-order valence-corrected chi connectivity index (χ4v) is 3.90. The van der Waals surface area contributed by atoms with Crippen LogP contribution in [0.25, 0.3) is 5.69 Å². The maximum absolute atomic E-state index is 9.57. The quantitative estimate of drug-likeness (QED) is 0.335. The highest BCUT2D eigenvalue weighted by molar-refractivity contribution is 7.09. The zero-order valence-corrected chi connectivity index (χ0v) is 19.2. The number of anilines is 1. The molecule has 3 N–H and O–H groups in total. The summed E-state index contributed by atoms with van der Waals surface area (Å²) in [6, 6.07) is 10.1. The molecule has 162 valence electrons. The van der Waals surface area contributed by atoms with Crippen LogP contribution in [0.2, 0.25) is 0 Å². The number of aromatic nitrogens is 3. The van der Waals surface area contributed by atoms with Gasteiger partial charge >= 0.3 is 0 Å². The third kappa shape index (κ3) is 5.41. The van der Waals surface area contributed by atoms with Gasteiger partial charge in [0.05, 0.1) is 28.6 Å². The van der Waals surface area contributed by atoms with Crippen LogP contribution in [-0.2, 0) is 13.0 Å². The highest BCUT2D eigenvalue weighted by atomic mass is 32.1. The molecule has 1 aromatic carbocycles. The Kier molecular flexibility index (Phi) is 7.26. The molecule has 0 saturated heterocycles. The lowest BCUT2D eigenvalue weighted by Crippen LogP contribution is -2.39. The van der Waals surface area contributed by atoms with Crippen molar-refractivity contribution >= 4 is 23.1 Å². The number of aryl methyl sites for hydroxylation is 3. The second-order valence-corrected chi connectivity index (χ2v) is 8.42. The molecule has 0 saturated carbocycles. The number of guanidine groups is 1. The topological polar surface area (TPSA) is 108 Å². The molecular weight excluding hydrogens is 408 g/mol. The Morgan fingerprint density at radius 2 is 2.06 bits per heavy atom. The van der Waals surface area contributed by atoms with Crippen molar-refractivity contribution in [1.29, 1.82) is 5.26 Å². The molecule has 0 aliphatic heterocycles. The molecule has 2 heterocycles. The Balaban J connectivity index is 1.59. The number of nitrogens with two attached hydrogens (primary N) is 1. The first-order valence-corrected chi connectivity index (χ1v) is 11.0. The molecule has 0 aliphatic rings.